The first-order chi connectivity index (χ1) is 11.8. The first kappa shape index (κ1) is 14.5. The quantitative estimate of drug-likeness (QED) is 0.616. The van der Waals surface area contributed by atoms with Crippen molar-refractivity contribution in [3.05, 3.63) is 71.0 Å². The standard InChI is InChI=1S/C18H12ClN5/c19-13-7-5-12(6-8-13)10-24-11-15(14-3-1-2-4-17(14)24)18-16(9-20)21-23-22-18/h1-8,11H,10H2,(H,21,22,23). The second kappa shape index (κ2) is 5.84. The molecule has 4 aromatic rings. The van der Waals surface area contributed by atoms with E-state index in [2.05, 4.69) is 32.1 Å². The Bertz CT molecular complexity index is 1050. The zero-order valence-corrected chi connectivity index (χ0v) is 13.3. The average molecular weight is 334 g/mol. The van der Waals surface area contributed by atoms with E-state index in [9.17, 15) is 5.26 Å². The molecule has 0 bridgehead atoms. The van der Waals surface area contributed by atoms with Crippen molar-refractivity contribution < 1.29 is 0 Å². The largest absolute Gasteiger partial charge is 0.342 e. The summed E-state index contributed by atoms with van der Waals surface area (Å²) in [4.78, 5) is 0. The van der Waals surface area contributed by atoms with Crippen LogP contribution in [-0.2, 0) is 6.54 Å². The first-order valence-electron chi connectivity index (χ1n) is 7.40. The minimum absolute atomic E-state index is 0.296. The fourth-order valence-corrected chi connectivity index (χ4v) is 2.98. The Labute approximate surface area is 143 Å². The molecule has 0 spiro atoms. The maximum atomic E-state index is 9.22. The van der Waals surface area contributed by atoms with Crippen LogP contribution in [0.25, 0.3) is 22.2 Å². The molecule has 0 aliphatic carbocycles. The number of hydrogen-bond acceptors (Lipinski definition) is 3. The van der Waals surface area contributed by atoms with E-state index in [4.69, 9.17) is 11.6 Å². The Balaban J connectivity index is 1.85. The summed E-state index contributed by atoms with van der Waals surface area (Å²) in [5.74, 6) is 0. The summed E-state index contributed by atoms with van der Waals surface area (Å²) in [6.07, 6.45) is 2.01. The lowest BCUT2D eigenvalue weighted by Crippen LogP contribution is -1.97. The Morgan fingerprint density at radius 2 is 1.88 bits per heavy atom. The lowest BCUT2D eigenvalue weighted by atomic mass is 10.1. The minimum Gasteiger partial charge on any atom is -0.342 e. The maximum absolute atomic E-state index is 9.22. The summed E-state index contributed by atoms with van der Waals surface area (Å²) in [5.41, 5.74) is 3.99. The molecule has 5 nitrogen and oxygen atoms in total. The molecular formula is C18H12ClN5. The van der Waals surface area contributed by atoms with Gasteiger partial charge in [0.15, 0.2) is 5.69 Å². The number of aromatic nitrogens is 4. The van der Waals surface area contributed by atoms with Crippen molar-refractivity contribution in [3.63, 3.8) is 0 Å². The number of para-hydroxylation sites is 1. The van der Waals surface area contributed by atoms with E-state index < -0.39 is 0 Å². The van der Waals surface area contributed by atoms with Crippen LogP contribution in [0.15, 0.2) is 54.7 Å². The van der Waals surface area contributed by atoms with Crippen LogP contribution >= 0.6 is 11.6 Å². The number of fused-ring (bicyclic) bond motifs is 1. The van der Waals surface area contributed by atoms with E-state index in [0.717, 1.165) is 27.1 Å². The van der Waals surface area contributed by atoms with E-state index in [0.29, 0.717) is 17.9 Å². The van der Waals surface area contributed by atoms with Crippen LogP contribution < -0.4 is 0 Å². The molecule has 0 aliphatic rings. The molecule has 0 amide bonds. The summed E-state index contributed by atoms with van der Waals surface area (Å²) in [7, 11) is 0. The van der Waals surface area contributed by atoms with Gasteiger partial charge in [-0.2, -0.15) is 15.6 Å². The van der Waals surface area contributed by atoms with Crippen LogP contribution in [-0.4, -0.2) is 20.0 Å². The van der Waals surface area contributed by atoms with Gasteiger partial charge in [-0.25, -0.2) is 0 Å². The van der Waals surface area contributed by atoms with Gasteiger partial charge in [0.25, 0.3) is 0 Å². The highest BCUT2D eigenvalue weighted by molar-refractivity contribution is 6.30. The molecule has 1 N–H and O–H groups in total. The molecule has 0 atom stereocenters. The summed E-state index contributed by atoms with van der Waals surface area (Å²) >= 11 is 5.96. The highest BCUT2D eigenvalue weighted by atomic mass is 35.5. The summed E-state index contributed by atoms with van der Waals surface area (Å²) in [5, 5.41) is 21.6. The Kier molecular flexibility index (Phi) is 3.52. The van der Waals surface area contributed by atoms with Gasteiger partial charge in [0.2, 0.25) is 0 Å². The van der Waals surface area contributed by atoms with E-state index in [1.54, 1.807) is 0 Å². The normalized spacial score (nSPS) is 10.8. The smallest absolute Gasteiger partial charge is 0.190 e. The third-order valence-corrected chi connectivity index (χ3v) is 4.22. The molecule has 0 radical (unpaired) electrons. The van der Waals surface area contributed by atoms with Crippen molar-refractivity contribution in [2.24, 2.45) is 0 Å². The van der Waals surface area contributed by atoms with Crippen molar-refractivity contribution in [2.75, 3.05) is 0 Å². The first-order valence-corrected chi connectivity index (χ1v) is 7.77. The summed E-state index contributed by atoms with van der Waals surface area (Å²) in [6.45, 7) is 0.706. The Morgan fingerprint density at radius 3 is 2.67 bits per heavy atom. The molecule has 2 aromatic carbocycles. The van der Waals surface area contributed by atoms with Crippen molar-refractivity contribution in [2.45, 2.75) is 6.54 Å². The molecule has 0 aliphatic heterocycles. The zero-order chi connectivity index (χ0) is 16.5. The molecular weight excluding hydrogens is 322 g/mol. The highest BCUT2D eigenvalue weighted by Gasteiger charge is 2.16. The Hall–Kier alpha value is -3.10. The predicted molar refractivity (Wildman–Crippen MR) is 92.6 cm³/mol. The number of nitrogens with zero attached hydrogens (tertiary/aromatic N) is 4. The number of aromatic amines is 1. The van der Waals surface area contributed by atoms with Gasteiger partial charge in [-0.05, 0) is 23.8 Å². The molecule has 2 heterocycles. The predicted octanol–water partition coefficient (Wildman–Crippen LogP) is 4.00. The van der Waals surface area contributed by atoms with Gasteiger partial charge in [-0.15, -0.1) is 5.10 Å². The van der Waals surface area contributed by atoms with Gasteiger partial charge in [-0.3, -0.25) is 0 Å². The topological polar surface area (TPSA) is 70.3 Å². The number of benzene rings is 2. The van der Waals surface area contributed by atoms with Crippen LogP contribution in [0.5, 0.6) is 0 Å². The summed E-state index contributed by atoms with van der Waals surface area (Å²) in [6, 6.07) is 17.9. The maximum Gasteiger partial charge on any atom is 0.190 e. The van der Waals surface area contributed by atoms with E-state index in [1.807, 2.05) is 48.7 Å². The number of halogens is 1. The van der Waals surface area contributed by atoms with Crippen LogP contribution in [0.4, 0.5) is 0 Å². The number of nitriles is 1. The SMILES string of the molecule is N#Cc1n[nH]nc1-c1cn(Cc2ccc(Cl)cc2)c2ccccc12. The van der Waals surface area contributed by atoms with Gasteiger partial charge in [0.05, 0.1) is 0 Å². The van der Waals surface area contributed by atoms with E-state index in [-0.39, 0.29) is 0 Å². The molecule has 0 unspecified atom stereocenters. The minimum atomic E-state index is 0.296. The summed E-state index contributed by atoms with van der Waals surface area (Å²) < 4.78 is 2.14. The van der Waals surface area contributed by atoms with E-state index >= 15 is 0 Å². The molecule has 24 heavy (non-hydrogen) atoms. The van der Waals surface area contributed by atoms with Crippen molar-refractivity contribution in [3.8, 4) is 17.3 Å². The van der Waals surface area contributed by atoms with Gasteiger partial charge >= 0.3 is 0 Å². The lowest BCUT2D eigenvalue weighted by molar-refractivity contribution is 0.837. The molecule has 6 heteroatoms. The van der Waals surface area contributed by atoms with Gasteiger partial charge in [0.1, 0.15) is 11.8 Å². The number of H-pyrrole nitrogens is 1. The van der Waals surface area contributed by atoms with Crippen LogP contribution in [0.1, 0.15) is 11.3 Å². The zero-order valence-electron chi connectivity index (χ0n) is 12.6. The van der Waals surface area contributed by atoms with Crippen LogP contribution in [0.2, 0.25) is 5.02 Å². The molecule has 0 saturated carbocycles. The number of nitrogens with one attached hydrogen (secondary N) is 1. The fourth-order valence-electron chi connectivity index (χ4n) is 2.85. The van der Waals surface area contributed by atoms with E-state index in [1.165, 1.54) is 0 Å². The van der Waals surface area contributed by atoms with Crippen LogP contribution in [0.3, 0.4) is 0 Å². The Morgan fingerprint density at radius 1 is 1.08 bits per heavy atom. The third-order valence-electron chi connectivity index (χ3n) is 3.96. The molecule has 4 rings (SSSR count). The molecule has 0 fully saturated rings. The lowest BCUT2D eigenvalue weighted by Gasteiger charge is -2.05. The average Bonchev–Trinajstić information content (AvgIpc) is 3.21. The van der Waals surface area contributed by atoms with Gasteiger partial charge in [-0.1, -0.05) is 41.9 Å². The van der Waals surface area contributed by atoms with Crippen molar-refractivity contribution >= 4 is 22.5 Å². The van der Waals surface area contributed by atoms with Crippen molar-refractivity contribution in [1.29, 1.82) is 5.26 Å². The number of rotatable bonds is 3. The monoisotopic (exact) mass is 333 g/mol. The molecule has 0 saturated heterocycles. The highest BCUT2D eigenvalue weighted by Crippen LogP contribution is 2.31. The van der Waals surface area contributed by atoms with Gasteiger partial charge in [0, 0.05) is 34.2 Å². The van der Waals surface area contributed by atoms with Gasteiger partial charge < -0.3 is 4.57 Å². The molecule has 116 valence electrons. The second-order valence-electron chi connectivity index (χ2n) is 5.45. The molecule has 2 aromatic heterocycles. The van der Waals surface area contributed by atoms with Crippen molar-refractivity contribution in [1.82, 2.24) is 20.0 Å². The number of hydrogen-bond donors (Lipinski definition) is 1. The second-order valence-corrected chi connectivity index (χ2v) is 5.88. The van der Waals surface area contributed by atoms with Crippen LogP contribution in [0, 0.1) is 11.3 Å². The fraction of sp³-hybridized carbons (Fsp3) is 0.0556. The third kappa shape index (κ3) is 2.43.